The maximum absolute atomic E-state index is 6.16. The molecule has 2 aromatic carbocycles. The number of benzene rings is 2. The standard InChI is InChI=1S/C22H29BO5/c1-21(2)22(3,4)28-23(27-21)18-11-12-19(20(15-18)25-14-13-24-5)26-16-17-9-7-6-8-10-17/h6-12,15H,13-14,16H2,1-5H3. The van der Waals surface area contributed by atoms with Crippen LogP contribution in [0.15, 0.2) is 48.5 Å². The molecule has 1 heterocycles. The highest BCUT2D eigenvalue weighted by molar-refractivity contribution is 6.62. The van der Waals surface area contributed by atoms with Crippen LogP contribution in [-0.2, 0) is 20.7 Å². The Labute approximate surface area is 168 Å². The summed E-state index contributed by atoms with van der Waals surface area (Å²) in [6.07, 6.45) is 0. The van der Waals surface area contributed by atoms with E-state index in [2.05, 4.69) is 0 Å². The van der Waals surface area contributed by atoms with Crippen LogP contribution in [0, 0.1) is 0 Å². The van der Waals surface area contributed by atoms with Gasteiger partial charge in [-0.15, -0.1) is 0 Å². The van der Waals surface area contributed by atoms with E-state index in [-0.39, 0.29) is 0 Å². The third-order valence-corrected chi connectivity index (χ3v) is 5.28. The van der Waals surface area contributed by atoms with E-state index in [4.69, 9.17) is 23.5 Å². The molecule has 0 saturated carbocycles. The van der Waals surface area contributed by atoms with E-state index in [0.717, 1.165) is 11.0 Å². The molecule has 3 rings (SSSR count). The molecule has 0 atom stereocenters. The van der Waals surface area contributed by atoms with E-state index in [1.54, 1.807) is 7.11 Å². The first-order valence-corrected chi connectivity index (χ1v) is 9.60. The van der Waals surface area contributed by atoms with Crippen LogP contribution in [0.1, 0.15) is 33.3 Å². The van der Waals surface area contributed by atoms with Crippen LogP contribution in [0.4, 0.5) is 0 Å². The molecule has 0 spiro atoms. The molecule has 1 aliphatic rings. The van der Waals surface area contributed by atoms with E-state index >= 15 is 0 Å². The molecule has 0 bridgehead atoms. The Morgan fingerprint density at radius 3 is 2.14 bits per heavy atom. The summed E-state index contributed by atoms with van der Waals surface area (Å²) in [5.41, 5.74) is 1.22. The average Bonchev–Trinajstić information content (AvgIpc) is 2.89. The molecule has 0 unspecified atom stereocenters. The van der Waals surface area contributed by atoms with Crippen molar-refractivity contribution in [2.24, 2.45) is 0 Å². The SMILES string of the molecule is COCCOc1cc(B2OC(C)(C)C(C)(C)O2)ccc1OCc1ccccc1. The highest BCUT2D eigenvalue weighted by Crippen LogP contribution is 2.37. The molecule has 0 N–H and O–H groups in total. The zero-order chi connectivity index (χ0) is 20.2. The Hall–Kier alpha value is -2.02. The molecular weight excluding hydrogens is 355 g/mol. The minimum Gasteiger partial charge on any atom is -0.487 e. The first kappa shape index (κ1) is 20.7. The monoisotopic (exact) mass is 384 g/mol. The van der Waals surface area contributed by atoms with Gasteiger partial charge in [0.25, 0.3) is 0 Å². The summed E-state index contributed by atoms with van der Waals surface area (Å²) < 4.78 is 29.3. The van der Waals surface area contributed by atoms with Gasteiger partial charge in [-0.05, 0) is 50.9 Å². The Kier molecular flexibility index (Phi) is 6.33. The smallest absolute Gasteiger partial charge is 0.487 e. The van der Waals surface area contributed by atoms with Crippen molar-refractivity contribution in [3.8, 4) is 11.5 Å². The van der Waals surface area contributed by atoms with Crippen molar-refractivity contribution in [3.05, 3.63) is 54.1 Å². The van der Waals surface area contributed by atoms with Crippen molar-refractivity contribution in [2.75, 3.05) is 20.3 Å². The summed E-state index contributed by atoms with van der Waals surface area (Å²) in [6, 6.07) is 15.8. The molecule has 1 aliphatic heterocycles. The lowest BCUT2D eigenvalue weighted by Gasteiger charge is -2.32. The van der Waals surface area contributed by atoms with Crippen LogP contribution in [-0.4, -0.2) is 38.6 Å². The zero-order valence-corrected chi connectivity index (χ0v) is 17.4. The van der Waals surface area contributed by atoms with Gasteiger partial charge in [0.15, 0.2) is 11.5 Å². The van der Waals surface area contributed by atoms with Crippen LogP contribution in [0.5, 0.6) is 11.5 Å². The fourth-order valence-corrected chi connectivity index (χ4v) is 2.85. The summed E-state index contributed by atoms with van der Waals surface area (Å²) in [5, 5.41) is 0. The first-order chi connectivity index (χ1) is 13.3. The van der Waals surface area contributed by atoms with E-state index < -0.39 is 18.3 Å². The molecule has 0 aliphatic carbocycles. The third-order valence-electron chi connectivity index (χ3n) is 5.28. The second-order valence-corrected chi connectivity index (χ2v) is 7.91. The van der Waals surface area contributed by atoms with Crippen molar-refractivity contribution in [2.45, 2.75) is 45.5 Å². The minimum atomic E-state index is -0.446. The average molecular weight is 384 g/mol. The van der Waals surface area contributed by atoms with Gasteiger partial charge in [0, 0.05) is 7.11 Å². The Morgan fingerprint density at radius 2 is 1.50 bits per heavy atom. The Balaban J connectivity index is 1.79. The number of ether oxygens (including phenoxy) is 3. The lowest BCUT2D eigenvalue weighted by atomic mass is 9.79. The molecule has 6 heteroatoms. The fourth-order valence-electron chi connectivity index (χ4n) is 2.85. The number of hydrogen-bond acceptors (Lipinski definition) is 5. The van der Waals surface area contributed by atoms with Crippen molar-refractivity contribution < 1.29 is 23.5 Å². The third kappa shape index (κ3) is 4.69. The van der Waals surface area contributed by atoms with Crippen LogP contribution in [0.25, 0.3) is 0 Å². The number of rotatable bonds is 8. The molecular formula is C22H29BO5. The van der Waals surface area contributed by atoms with Gasteiger partial charge in [-0.3, -0.25) is 0 Å². The maximum atomic E-state index is 6.16. The van der Waals surface area contributed by atoms with Gasteiger partial charge < -0.3 is 23.5 Å². The molecule has 5 nitrogen and oxygen atoms in total. The van der Waals surface area contributed by atoms with E-state index in [1.807, 2.05) is 76.2 Å². The van der Waals surface area contributed by atoms with Gasteiger partial charge >= 0.3 is 7.12 Å². The molecule has 0 aromatic heterocycles. The Bertz CT molecular complexity index is 760. The van der Waals surface area contributed by atoms with E-state index in [0.29, 0.717) is 31.3 Å². The maximum Gasteiger partial charge on any atom is 0.494 e. The summed E-state index contributed by atoms with van der Waals surface area (Å²) >= 11 is 0. The highest BCUT2D eigenvalue weighted by atomic mass is 16.7. The summed E-state index contributed by atoms with van der Waals surface area (Å²) in [5.74, 6) is 1.33. The van der Waals surface area contributed by atoms with Crippen molar-refractivity contribution in [3.63, 3.8) is 0 Å². The normalized spacial score (nSPS) is 17.5. The molecule has 28 heavy (non-hydrogen) atoms. The Morgan fingerprint density at radius 1 is 0.821 bits per heavy atom. The highest BCUT2D eigenvalue weighted by Gasteiger charge is 2.51. The zero-order valence-electron chi connectivity index (χ0n) is 17.4. The molecule has 1 saturated heterocycles. The molecule has 0 radical (unpaired) electrons. The van der Waals surface area contributed by atoms with E-state index in [9.17, 15) is 0 Å². The lowest BCUT2D eigenvalue weighted by molar-refractivity contribution is 0.00578. The number of methoxy groups -OCH3 is 1. The van der Waals surface area contributed by atoms with Gasteiger partial charge in [0.2, 0.25) is 0 Å². The quantitative estimate of drug-likeness (QED) is 0.514. The predicted molar refractivity (Wildman–Crippen MR) is 110 cm³/mol. The topological polar surface area (TPSA) is 46.2 Å². The molecule has 0 amide bonds. The van der Waals surface area contributed by atoms with Crippen LogP contribution >= 0.6 is 0 Å². The van der Waals surface area contributed by atoms with Gasteiger partial charge in [-0.1, -0.05) is 36.4 Å². The molecule has 1 fully saturated rings. The summed E-state index contributed by atoms with van der Waals surface area (Å²) in [4.78, 5) is 0. The summed E-state index contributed by atoms with van der Waals surface area (Å²) in [6.45, 7) is 9.57. The van der Waals surface area contributed by atoms with Gasteiger partial charge in [0.05, 0.1) is 17.8 Å². The van der Waals surface area contributed by atoms with Gasteiger partial charge in [0.1, 0.15) is 13.2 Å². The van der Waals surface area contributed by atoms with Gasteiger partial charge in [-0.25, -0.2) is 0 Å². The van der Waals surface area contributed by atoms with Crippen LogP contribution < -0.4 is 14.9 Å². The fraction of sp³-hybridized carbons (Fsp3) is 0.455. The van der Waals surface area contributed by atoms with Crippen LogP contribution in [0.2, 0.25) is 0 Å². The van der Waals surface area contributed by atoms with Crippen LogP contribution in [0.3, 0.4) is 0 Å². The second-order valence-electron chi connectivity index (χ2n) is 7.91. The number of hydrogen-bond donors (Lipinski definition) is 0. The van der Waals surface area contributed by atoms with Crippen molar-refractivity contribution in [1.29, 1.82) is 0 Å². The minimum absolute atomic E-state index is 0.392. The molecule has 150 valence electrons. The first-order valence-electron chi connectivity index (χ1n) is 9.60. The van der Waals surface area contributed by atoms with Crippen molar-refractivity contribution >= 4 is 12.6 Å². The largest absolute Gasteiger partial charge is 0.494 e. The lowest BCUT2D eigenvalue weighted by Crippen LogP contribution is -2.41. The predicted octanol–water partition coefficient (Wildman–Crippen LogP) is 3.59. The van der Waals surface area contributed by atoms with Crippen molar-refractivity contribution in [1.82, 2.24) is 0 Å². The van der Waals surface area contributed by atoms with Gasteiger partial charge in [-0.2, -0.15) is 0 Å². The second kappa shape index (κ2) is 8.56. The summed E-state index contributed by atoms with van der Waals surface area (Å²) in [7, 11) is 1.20. The van der Waals surface area contributed by atoms with E-state index in [1.165, 1.54) is 0 Å². The molecule has 2 aromatic rings.